The summed E-state index contributed by atoms with van der Waals surface area (Å²) in [6.45, 7) is 5.27. The molecule has 0 N–H and O–H groups in total. The normalized spacial score (nSPS) is 10.0. The maximum absolute atomic E-state index is 4.79. The Morgan fingerprint density at radius 3 is 1.86 bits per heavy atom. The second-order valence-corrected chi connectivity index (χ2v) is 1.55. The van der Waals surface area contributed by atoms with Crippen LogP contribution in [-0.2, 0) is 22.8 Å². The van der Waals surface area contributed by atoms with Gasteiger partial charge in [0.05, 0.1) is 0 Å². The van der Waals surface area contributed by atoms with Gasteiger partial charge in [0.15, 0.2) is 0 Å². The molecule has 0 saturated carbocycles. The fourth-order valence-electron chi connectivity index (χ4n) is 0.101. The molecular weight excluding hydrogens is 139 g/mol. The first-order valence-corrected chi connectivity index (χ1v) is 3.06. The van der Waals surface area contributed by atoms with E-state index in [0.29, 0.717) is 13.2 Å². The minimum absolute atomic E-state index is 0.708. The zero-order valence-electron chi connectivity index (χ0n) is 4.55. The van der Waals surface area contributed by atoms with Crippen LogP contribution in [0.3, 0.4) is 0 Å². The van der Waals surface area contributed by atoms with E-state index in [0.717, 1.165) is 15.1 Å². The first-order chi connectivity index (χ1) is 3.41. The van der Waals surface area contributed by atoms with Gasteiger partial charge in [0.25, 0.3) is 0 Å². The summed E-state index contributed by atoms with van der Waals surface area (Å²) in [6, 6.07) is 0. The van der Waals surface area contributed by atoms with Crippen molar-refractivity contribution in [2.75, 3.05) is 13.2 Å². The van der Waals surface area contributed by atoms with Gasteiger partial charge < -0.3 is 0 Å². The van der Waals surface area contributed by atoms with E-state index in [1.54, 1.807) is 0 Å². The van der Waals surface area contributed by atoms with E-state index in [1.165, 1.54) is 0 Å². The van der Waals surface area contributed by atoms with Crippen LogP contribution < -0.4 is 0 Å². The summed E-state index contributed by atoms with van der Waals surface area (Å²) < 4.78 is 9.58. The molecule has 0 aliphatic rings. The molecule has 48 valence electrons. The predicted molar refractivity (Wildman–Crippen MR) is 23.3 cm³/mol. The molecule has 0 aromatic carbocycles. The van der Waals surface area contributed by atoms with Crippen LogP contribution in [0, 0.1) is 0 Å². The SMILES string of the molecule is CC[O][Ni][O]CC. The summed E-state index contributed by atoms with van der Waals surface area (Å²) >= 11 is 0.899. The van der Waals surface area contributed by atoms with Gasteiger partial charge in [0.2, 0.25) is 0 Å². The predicted octanol–water partition coefficient (Wildman–Crippen LogP) is 0.972. The molecule has 0 atom stereocenters. The molecule has 2 nitrogen and oxygen atoms in total. The van der Waals surface area contributed by atoms with Crippen molar-refractivity contribution in [3.05, 3.63) is 0 Å². The first kappa shape index (κ1) is 7.41. The average molecular weight is 149 g/mol. The fraction of sp³-hybridized carbons (Fsp3) is 1.00. The van der Waals surface area contributed by atoms with E-state index >= 15 is 0 Å². The third-order valence-corrected chi connectivity index (χ3v) is 1.06. The Hall–Kier alpha value is 0.414. The van der Waals surface area contributed by atoms with Crippen LogP contribution in [0.1, 0.15) is 13.8 Å². The molecule has 7 heavy (non-hydrogen) atoms. The van der Waals surface area contributed by atoms with Crippen LogP contribution in [0.25, 0.3) is 0 Å². The molecular formula is C4H10NiO2. The van der Waals surface area contributed by atoms with Crippen molar-refractivity contribution in [2.45, 2.75) is 13.8 Å². The van der Waals surface area contributed by atoms with Crippen LogP contribution in [0.5, 0.6) is 0 Å². The van der Waals surface area contributed by atoms with Gasteiger partial charge in [0, 0.05) is 0 Å². The Kier molecular flexibility index (Phi) is 6.79. The van der Waals surface area contributed by atoms with Crippen LogP contribution in [-0.4, -0.2) is 13.2 Å². The number of hydrogen-bond donors (Lipinski definition) is 0. The Morgan fingerprint density at radius 2 is 1.57 bits per heavy atom. The number of rotatable bonds is 4. The second-order valence-electron chi connectivity index (χ2n) is 0.813. The minimum atomic E-state index is 0.708. The van der Waals surface area contributed by atoms with Crippen molar-refractivity contribution in [3.63, 3.8) is 0 Å². The van der Waals surface area contributed by atoms with E-state index in [9.17, 15) is 0 Å². The topological polar surface area (TPSA) is 18.5 Å². The van der Waals surface area contributed by atoms with Gasteiger partial charge in [-0.1, -0.05) is 0 Å². The molecule has 0 amide bonds. The molecule has 0 bridgehead atoms. The van der Waals surface area contributed by atoms with Crippen molar-refractivity contribution in [3.8, 4) is 0 Å². The fourth-order valence-corrected chi connectivity index (χ4v) is 0.416. The van der Waals surface area contributed by atoms with Crippen molar-refractivity contribution in [1.29, 1.82) is 0 Å². The molecule has 0 aliphatic heterocycles. The van der Waals surface area contributed by atoms with Gasteiger partial charge in [-0.25, -0.2) is 0 Å². The van der Waals surface area contributed by atoms with Crippen LogP contribution in [0.2, 0.25) is 0 Å². The molecule has 3 heteroatoms. The number of hydrogen-bond acceptors (Lipinski definition) is 2. The molecule has 0 saturated heterocycles. The molecule has 0 spiro atoms. The van der Waals surface area contributed by atoms with Gasteiger partial charge in [-0.05, 0) is 0 Å². The Morgan fingerprint density at radius 1 is 1.14 bits per heavy atom. The Bertz CT molecular complexity index is 28.9. The van der Waals surface area contributed by atoms with E-state index in [-0.39, 0.29) is 0 Å². The zero-order chi connectivity index (χ0) is 5.54. The van der Waals surface area contributed by atoms with Crippen LogP contribution in [0.15, 0.2) is 0 Å². The van der Waals surface area contributed by atoms with E-state index in [2.05, 4.69) is 0 Å². The molecule has 0 aromatic rings. The summed E-state index contributed by atoms with van der Waals surface area (Å²) in [5.41, 5.74) is 0. The molecule has 0 rings (SSSR count). The molecule has 0 radical (unpaired) electrons. The maximum atomic E-state index is 4.79. The van der Waals surface area contributed by atoms with Gasteiger partial charge >= 0.3 is 49.9 Å². The van der Waals surface area contributed by atoms with E-state index < -0.39 is 0 Å². The quantitative estimate of drug-likeness (QED) is 0.437. The molecule has 0 aliphatic carbocycles. The second kappa shape index (κ2) is 6.41. The van der Waals surface area contributed by atoms with Crippen molar-refractivity contribution < 1.29 is 22.8 Å². The molecule has 0 aromatic heterocycles. The van der Waals surface area contributed by atoms with Crippen molar-refractivity contribution in [1.82, 2.24) is 0 Å². The van der Waals surface area contributed by atoms with Crippen LogP contribution >= 0.6 is 0 Å². The van der Waals surface area contributed by atoms with E-state index in [1.807, 2.05) is 13.8 Å². The summed E-state index contributed by atoms with van der Waals surface area (Å²) in [7, 11) is 0. The average Bonchev–Trinajstić information content (AvgIpc) is 1.69. The summed E-state index contributed by atoms with van der Waals surface area (Å²) in [5.74, 6) is 0. The Labute approximate surface area is 50.6 Å². The molecule has 0 unspecified atom stereocenters. The molecule has 0 fully saturated rings. The first-order valence-electron chi connectivity index (χ1n) is 2.25. The summed E-state index contributed by atoms with van der Waals surface area (Å²) in [5, 5.41) is 0. The zero-order valence-corrected chi connectivity index (χ0v) is 5.53. The van der Waals surface area contributed by atoms with Crippen molar-refractivity contribution in [2.24, 2.45) is 0 Å². The monoisotopic (exact) mass is 148 g/mol. The van der Waals surface area contributed by atoms with Gasteiger partial charge in [0.1, 0.15) is 0 Å². The molecule has 0 heterocycles. The van der Waals surface area contributed by atoms with Crippen LogP contribution in [0.4, 0.5) is 0 Å². The van der Waals surface area contributed by atoms with E-state index in [4.69, 9.17) is 7.76 Å². The van der Waals surface area contributed by atoms with Gasteiger partial charge in [-0.3, -0.25) is 0 Å². The Balaban J connectivity index is 2.45. The summed E-state index contributed by atoms with van der Waals surface area (Å²) in [6.07, 6.45) is 0. The third-order valence-electron chi connectivity index (χ3n) is 0.257. The standard InChI is InChI=1S/2C2H5O.Ni/c2*1-2-3;/h2*2H2,1H3;/q2*-1;+2. The van der Waals surface area contributed by atoms with Crippen molar-refractivity contribution >= 4 is 0 Å². The third kappa shape index (κ3) is 6.41. The van der Waals surface area contributed by atoms with Gasteiger partial charge in [-0.2, -0.15) is 0 Å². The van der Waals surface area contributed by atoms with Gasteiger partial charge in [-0.15, -0.1) is 0 Å². The summed E-state index contributed by atoms with van der Waals surface area (Å²) in [4.78, 5) is 0.